The van der Waals surface area contributed by atoms with E-state index in [9.17, 15) is 0 Å². The van der Waals surface area contributed by atoms with Crippen LogP contribution in [0.3, 0.4) is 0 Å². The molecule has 0 bridgehead atoms. The highest BCUT2D eigenvalue weighted by molar-refractivity contribution is 5.85. The number of unbranched alkanes of at least 4 members (excludes halogenated alkanes) is 5. The molecule has 1 aromatic rings. The van der Waals surface area contributed by atoms with Crippen LogP contribution < -0.4 is 0 Å². The van der Waals surface area contributed by atoms with Gasteiger partial charge in [-0.2, -0.15) is 0 Å². The van der Waals surface area contributed by atoms with Gasteiger partial charge in [-0.15, -0.1) is 12.4 Å². The molecule has 0 amide bonds. The van der Waals surface area contributed by atoms with E-state index in [-0.39, 0.29) is 12.4 Å². The third-order valence-electron chi connectivity index (χ3n) is 2.66. The number of benzene rings is 1. The van der Waals surface area contributed by atoms with Crippen LogP contribution in [-0.2, 0) is 6.42 Å². The van der Waals surface area contributed by atoms with Crippen molar-refractivity contribution in [1.29, 1.82) is 0 Å². The molecule has 0 radical (unpaired) electrons. The minimum absolute atomic E-state index is 0. The van der Waals surface area contributed by atoms with Gasteiger partial charge in [0.25, 0.3) is 0 Å². The van der Waals surface area contributed by atoms with E-state index in [0.29, 0.717) is 0 Å². The SMILES string of the molecule is CCCCCCCCc1ccccc1.Cl. The summed E-state index contributed by atoms with van der Waals surface area (Å²) in [5.74, 6) is 0. The third-order valence-corrected chi connectivity index (χ3v) is 2.66. The summed E-state index contributed by atoms with van der Waals surface area (Å²) in [4.78, 5) is 0. The monoisotopic (exact) mass is 226 g/mol. The molecular weight excluding hydrogens is 204 g/mol. The highest BCUT2D eigenvalue weighted by Crippen LogP contribution is 2.09. The first-order chi connectivity index (χ1) is 6.93. The van der Waals surface area contributed by atoms with Gasteiger partial charge in [0, 0.05) is 0 Å². The molecule has 0 saturated heterocycles. The fraction of sp³-hybridized carbons (Fsp3) is 0.571. The zero-order valence-corrected chi connectivity index (χ0v) is 10.6. The van der Waals surface area contributed by atoms with E-state index in [4.69, 9.17) is 0 Å². The van der Waals surface area contributed by atoms with Gasteiger partial charge in [-0.1, -0.05) is 69.4 Å². The molecule has 1 aromatic carbocycles. The molecule has 0 aromatic heterocycles. The molecule has 15 heavy (non-hydrogen) atoms. The molecule has 1 heteroatoms. The Morgan fingerprint density at radius 1 is 0.800 bits per heavy atom. The zero-order valence-electron chi connectivity index (χ0n) is 9.74. The van der Waals surface area contributed by atoms with E-state index in [0.717, 1.165) is 0 Å². The average molecular weight is 227 g/mol. The molecule has 0 heterocycles. The van der Waals surface area contributed by atoms with Crippen LogP contribution in [0.4, 0.5) is 0 Å². The van der Waals surface area contributed by atoms with Crippen molar-refractivity contribution in [1.82, 2.24) is 0 Å². The summed E-state index contributed by atoms with van der Waals surface area (Å²) >= 11 is 0. The summed E-state index contributed by atoms with van der Waals surface area (Å²) in [6.45, 7) is 2.27. The molecule has 0 N–H and O–H groups in total. The number of rotatable bonds is 7. The second-order valence-electron chi connectivity index (χ2n) is 4.00. The fourth-order valence-corrected chi connectivity index (χ4v) is 1.75. The van der Waals surface area contributed by atoms with E-state index < -0.39 is 0 Å². The van der Waals surface area contributed by atoms with Gasteiger partial charge in [-0.3, -0.25) is 0 Å². The van der Waals surface area contributed by atoms with Crippen LogP contribution in [-0.4, -0.2) is 0 Å². The van der Waals surface area contributed by atoms with Crippen LogP contribution in [0.25, 0.3) is 0 Å². The van der Waals surface area contributed by atoms with Crippen molar-refractivity contribution < 1.29 is 0 Å². The van der Waals surface area contributed by atoms with Gasteiger partial charge >= 0.3 is 0 Å². The first kappa shape index (κ1) is 14.5. The van der Waals surface area contributed by atoms with E-state index >= 15 is 0 Å². The Bertz CT molecular complexity index is 218. The molecule has 0 aliphatic carbocycles. The first-order valence-corrected chi connectivity index (χ1v) is 5.97. The number of aryl methyl sites for hydroxylation is 1. The van der Waals surface area contributed by atoms with Gasteiger partial charge in [0.15, 0.2) is 0 Å². The second kappa shape index (κ2) is 10.0. The van der Waals surface area contributed by atoms with E-state index in [2.05, 4.69) is 37.3 Å². The zero-order chi connectivity index (χ0) is 10.1. The third kappa shape index (κ3) is 7.44. The van der Waals surface area contributed by atoms with Crippen LogP contribution in [0.5, 0.6) is 0 Å². The van der Waals surface area contributed by atoms with E-state index in [1.807, 2.05) is 0 Å². The Labute approximate surface area is 101 Å². The smallest absolute Gasteiger partial charge is 0.0279 e. The fourth-order valence-electron chi connectivity index (χ4n) is 1.75. The molecule has 86 valence electrons. The summed E-state index contributed by atoms with van der Waals surface area (Å²) in [7, 11) is 0. The molecule has 0 nitrogen and oxygen atoms in total. The van der Waals surface area contributed by atoms with Crippen molar-refractivity contribution in [3.8, 4) is 0 Å². The number of halogens is 1. The van der Waals surface area contributed by atoms with Crippen molar-refractivity contribution >= 4 is 12.4 Å². The minimum Gasteiger partial charge on any atom is -0.147 e. The molecule has 1 rings (SSSR count). The molecule has 0 aliphatic heterocycles. The number of hydrogen-bond donors (Lipinski definition) is 0. The predicted octanol–water partition coefficient (Wildman–Crippen LogP) is 5.01. The molecule has 0 fully saturated rings. The first-order valence-electron chi connectivity index (χ1n) is 5.97. The Balaban J connectivity index is 0.00000196. The van der Waals surface area contributed by atoms with Gasteiger partial charge in [-0.05, 0) is 18.4 Å². The number of hydrogen-bond acceptors (Lipinski definition) is 0. The van der Waals surface area contributed by atoms with Crippen molar-refractivity contribution in [3.05, 3.63) is 35.9 Å². The maximum Gasteiger partial charge on any atom is -0.0279 e. The van der Waals surface area contributed by atoms with Gasteiger partial charge in [-0.25, -0.2) is 0 Å². The average Bonchev–Trinajstić information content (AvgIpc) is 2.25. The normalized spacial score (nSPS) is 9.67. The van der Waals surface area contributed by atoms with Crippen molar-refractivity contribution in [2.75, 3.05) is 0 Å². The second-order valence-corrected chi connectivity index (χ2v) is 4.00. The predicted molar refractivity (Wildman–Crippen MR) is 70.8 cm³/mol. The van der Waals surface area contributed by atoms with Gasteiger partial charge in [0.2, 0.25) is 0 Å². The maximum atomic E-state index is 2.27. The summed E-state index contributed by atoms with van der Waals surface area (Å²) in [5, 5.41) is 0. The molecule has 0 aliphatic rings. The molecule has 0 spiro atoms. The van der Waals surface area contributed by atoms with Crippen molar-refractivity contribution in [2.45, 2.75) is 51.9 Å². The molecular formula is C14H23Cl. The van der Waals surface area contributed by atoms with Crippen molar-refractivity contribution in [3.63, 3.8) is 0 Å². The molecule has 0 atom stereocenters. The summed E-state index contributed by atoms with van der Waals surface area (Å²) in [6, 6.07) is 10.8. The van der Waals surface area contributed by atoms with Crippen LogP contribution in [0.2, 0.25) is 0 Å². The standard InChI is InChI=1S/C14H22.ClH/c1-2-3-4-5-6-8-11-14-12-9-7-10-13-14;/h7,9-10,12-13H,2-6,8,11H2,1H3;1H. The lowest BCUT2D eigenvalue weighted by Crippen LogP contribution is -1.85. The Hall–Kier alpha value is -0.490. The maximum absolute atomic E-state index is 2.27. The van der Waals surface area contributed by atoms with Crippen LogP contribution in [0.1, 0.15) is 51.0 Å². The Morgan fingerprint density at radius 2 is 1.40 bits per heavy atom. The van der Waals surface area contributed by atoms with Crippen molar-refractivity contribution in [2.24, 2.45) is 0 Å². The summed E-state index contributed by atoms with van der Waals surface area (Å²) in [5.41, 5.74) is 1.49. The lowest BCUT2D eigenvalue weighted by molar-refractivity contribution is 0.607. The Kier molecular flexibility index (Phi) is 9.71. The lowest BCUT2D eigenvalue weighted by Gasteiger charge is -2.01. The summed E-state index contributed by atoms with van der Waals surface area (Å²) < 4.78 is 0. The van der Waals surface area contributed by atoms with E-state index in [1.54, 1.807) is 0 Å². The van der Waals surface area contributed by atoms with Gasteiger partial charge < -0.3 is 0 Å². The van der Waals surface area contributed by atoms with Gasteiger partial charge in [0.1, 0.15) is 0 Å². The van der Waals surface area contributed by atoms with Crippen LogP contribution in [0.15, 0.2) is 30.3 Å². The highest BCUT2D eigenvalue weighted by Gasteiger charge is 1.92. The topological polar surface area (TPSA) is 0 Å². The van der Waals surface area contributed by atoms with Crippen LogP contribution >= 0.6 is 12.4 Å². The lowest BCUT2D eigenvalue weighted by atomic mass is 10.1. The molecule has 0 unspecified atom stereocenters. The van der Waals surface area contributed by atoms with Crippen LogP contribution in [0, 0.1) is 0 Å². The highest BCUT2D eigenvalue weighted by atomic mass is 35.5. The Morgan fingerprint density at radius 3 is 2.07 bits per heavy atom. The summed E-state index contributed by atoms with van der Waals surface area (Å²) in [6.07, 6.45) is 9.60. The molecule has 0 saturated carbocycles. The van der Waals surface area contributed by atoms with E-state index in [1.165, 1.54) is 50.5 Å². The largest absolute Gasteiger partial charge is 0.147 e. The van der Waals surface area contributed by atoms with Gasteiger partial charge in [0.05, 0.1) is 0 Å². The minimum atomic E-state index is 0. The quantitative estimate of drug-likeness (QED) is 0.574.